The van der Waals surface area contributed by atoms with Gasteiger partial charge < -0.3 is 19.6 Å². The maximum Gasteiger partial charge on any atom is 0.320 e. The number of aliphatic carboxylic acids is 1. The molecule has 0 aliphatic heterocycles. The minimum absolute atomic E-state index is 0.510. The first kappa shape index (κ1) is 18.3. The highest BCUT2D eigenvalue weighted by molar-refractivity contribution is 5.88. The topological polar surface area (TPSA) is 84.6 Å². The van der Waals surface area contributed by atoms with E-state index in [0.717, 1.165) is 33.9 Å². The quantitative estimate of drug-likeness (QED) is 0.461. The molecule has 0 spiro atoms. The number of nitrogens with zero attached hydrogens (tertiary/aromatic N) is 1. The van der Waals surface area contributed by atoms with E-state index in [2.05, 4.69) is 16.4 Å². The van der Waals surface area contributed by atoms with Gasteiger partial charge in [0.2, 0.25) is 5.89 Å². The van der Waals surface area contributed by atoms with Crippen LogP contribution in [0.3, 0.4) is 0 Å². The molecule has 28 heavy (non-hydrogen) atoms. The zero-order valence-corrected chi connectivity index (χ0v) is 15.9. The van der Waals surface area contributed by atoms with Crippen molar-refractivity contribution in [1.82, 2.24) is 10.3 Å². The second-order valence-electron chi connectivity index (χ2n) is 6.94. The normalized spacial score (nSPS) is 12.6. The van der Waals surface area contributed by atoms with E-state index in [1.54, 1.807) is 6.92 Å². The highest BCUT2D eigenvalue weighted by Gasteiger charge is 2.25. The van der Waals surface area contributed by atoms with Crippen molar-refractivity contribution >= 4 is 5.97 Å². The van der Waals surface area contributed by atoms with Crippen molar-refractivity contribution < 1.29 is 19.1 Å². The van der Waals surface area contributed by atoms with E-state index in [1.807, 2.05) is 43.3 Å². The molecular weight excluding hydrogens is 356 g/mol. The maximum absolute atomic E-state index is 10.9. The molecule has 2 N–H and O–H groups in total. The van der Waals surface area contributed by atoms with Crippen molar-refractivity contribution in [2.24, 2.45) is 0 Å². The van der Waals surface area contributed by atoms with Crippen LogP contribution in [-0.4, -0.2) is 28.7 Å². The Morgan fingerprint density at radius 2 is 2.04 bits per heavy atom. The predicted octanol–water partition coefficient (Wildman–Crippen LogP) is 3.81. The van der Waals surface area contributed by atoms with Gasteiger partial charge in [0.25, 0.3) is 0 Å². The van der Waals surface area contributed by atoms with Gasteiger partial charge in [0, 0.05) is 24.1 Å². The van der Waals surface area contributed by atoms with Crippen molar-refractivity contribution in [3.8, 4) is 28.3 Å². The van der Waals surface area contributed by atoms with Gasteiger partial charge in [0.05, 0.1) is 12.3 Å². The van der Waals surface area contributed by atoms with Crippen LogP contribution < -0.4 is 10.1 Å². The first-order valence-electron chi connectivity index (χ1n) is 9.31. The molecule has 2 aliphatic carbocycles. The molecule has 0 amide bonds. The highest BCUT2D eigenvalue weighted by atomic mass is 16.5. The number of aromatic nitrogens is 1. The molecule has 0 saturated carbocycles. The van der Waals surface area contributed by atoms with Gasteiger partial charge in [-0.25, -0.2) is 4.98 Å². The first-order chi connectivity index (χ1) is 13.5. The summed E-state index contributed by atoms with van der Waals surface area (Å²) in [7, 11) is 0. The summed E-state index contributed by atoms with van der Waals surface area (Å²) in [6.07, 6.45) is 0.662. The third-order valence-electron chi connectivity index (χ3n) is 4.95. The summed E-state index contributed by atoms with van der Waals surface area (Å²) in [5.41, 5.74) is 5.21. The SMILES string of the molecule is Cc1oc(-c2ccccc2)nc1CCOc1cc2cc(CN[C@H](C)C(=O)O)c1-2. The molecular formula is C22H22N2O4. The molecule has 0 bridgehead atoms. The van der Waals surface area contributed by atoms with Crippen LogP contribution in [0.5, 0.6) is 5.75 Å². The largest absolute Gasteiger partial charge is 0.493 e. The number of rotatable bonds is 9. The molecule has 0 saturated heterocycles. The van der Waals surface area contributed by atoms with Gasteiger partial charge in [-0.3, -0.25) is 4.79 Å². The van der Waals surface area contributed by atoms with Crippen molar-refractivity contribution in [1.29, 1.82) is 0 Å². The van der Waals surface area contributed by atoms with Crippen LogP contribution in [0.15, 0.2) is 46.9 Å². The van der Waals surface area contributed by atoms with Crippen LogP contribution >= 0.6 is 0 Å². The minimum atomic E-state index is -0.854. The molecule has 1 aromatic heterocycles. The van der Waals surface area contributed by atoms with Gasteiger partial charge in [-0.15, -0.1) is 0 Å². The summed E-state index contributed by atoms with van der Waals surface area (Å²) in [6, 6.07) is 13.3. The molecule has 1 aromatic carbocycles. The van der Waals surface area contributed by atoms with Crippen molar-refractivity contribution in [3.63, 3.8) is 0 Å². The van der Waals surface area contributed by atoms with Crippen LogP contribution in [0, 0.1) is 6.92 Å². The van der Waals surface area contributed by atoms with Crippen molar-refractivity contribution in [2.45, 2.75) is 32.9 Å². The molecule has 2 aromatic rings. The first-order valence-corrected chi connectivity index (χ1v) is 9.31. The number of hydrogen-bond acceptors (Lipinski definition) is 5. The maximum atomic E-state index is 10.9. The van der Waals surface area contributed by atoms with E-state index in [9.17, 15) is 4.79 Å². The van der Waals surface area contributed by atoms with Crippen LogP contribution in [0.2, 0.25) is 0 Å². The molecule has 6 heteroatoms. The second-order valence-corrected chi connectivity index (χ2v) is 6.94. The van der Waals surface area contributed by atoms with Crippen LogP contribution in [-0.2, 0) is 17.8 Å². The Hall–Kier alpha value is -3.12. The molecule has 0 fully saturated rings. The summed E-state index contributed by atoms with van der Waals surface area (Å²) in [6.45, 7) is 4.58. The van der Waals surface area contributed by atoms with E-state index >= 15 is 0 Å². The lowest BCUT2D eigenvalue weighted by atomic mass is 9.85. The number of nitrogens with one attached hydrogen (secondary N) is 1. The number of carbonyl (C=O) groups is 1. The van der Waals surface area contributed by atoms with Crippen LogP contribution in [0.4, 0.5) is 0 Å². The fraction of sp³-hybridized carbons (Fsp3) is 0.273. The summed E-state index contributed by atoms with van der Waals surface area (Å²) in [5, 5.41) is 11.9. The Kier molecular flexibility index (Phi) is 4.88. The fourth-order valence-electron chi connectivity index (χ4n) is 3.22. The zero-order chi connectivity index (χ0) is 19.7. The fourth-order valence-corrected chi connectivity index (χ4v) is 3.22. The lowest BCUT2D eigenvalue weighted by Gasteiger charge is -2.27. The van der Waals surface area contributed by atoms with E-state index in [-0.39, 0.29) is 0 Å². The average molecular weight is 378 g/mol. The smallest absolute Gasteiger partial charge is 0.320 e. The summed E-state index contributed by atoms with van der Waals surface area (Å²) < 4.78 is 11.7. The van der Waals surface area contributed by atoms with Gasteiger partial charge in [0.15, 0.2) is 0 Å². The minimum Gasteiger partial charge on any atom is -0.493 e. The van der Waals surface area contributed by atoms with Gasteiger partial charge in [-0.2, -0.15) is 0 Å². The third kappa shape index (κ3) is 3.51. The molecule has 4 rings (SSSR count). The second kappa shape index (κ2) is 7.48. The lowest BCUT2D eigenvalue weighted by Crippen LogP contribution is -2.33. The molecule has 1 heterocycles. The van der Waals surface area contributed by atoms with Crippen LogP contribution in [0.25, 0.3) is 22.6 Å². The third-order valence-corrected chi connectivity index (χ3v) is 4.95. The van der Waals surface area contributed by atoms with Gasteiger partial charge in [0.1, 0.15) is 17.6 Å². The Morgan fingerprint density at radius 1 is 1.25 bits per heavy atom. The van der Waals surface area contributed by atoms with E-state index in [4.69, 9.17) is 14.3 Å². The van der Waals surface area contributed by atoms with Crippen molar-refractivity contribution in [2.75, 3.05) is 6.61 Å². The number of carboxylic acid groups (broad SMARTS) is 1. The summed E-state index contributed by atoms with van der Waals surface area (Å²) >= 11 is 0. The average Bonchev–Trinajstić information content (AvgIpc) is 3.04. The molecule has 6 nitrogen and oxygen atoms in total. The lowest BCUT2D eigenvalue weighted by molar-refractivity contribution is -0.139. The Morgan fingerprint density at radius 3 is 2.75 bits per heavy atom. The Labute approximate surface area is 163 Å². The molecule has 1 atom stereocenters. The number of oxazole rings is 1. The number of aryl methyl sites for hydroxylation is 1. The van der Waals surface area contributed by atoms with Gasteiger partial charge in [-0.05, 0) is 49.2 Å². The Bertz CT molecular complexity index is 1010. The number of fused-ring (bicyclic) bond motifs is 1. The molecule has 144 valence electrons. The van der Waals surface area contributed by atoms with Gasteiger partial charge in [-0.1, -0.05) is 18.2 Å². The summed E-state index contributed by atoms with van der Waals surface area (Å²) in [5.74, 6) is 1.44. The van der Waals surface area contributed by atoms with E-state index < -0.39 is 12.0 Å². The highest BCUT2D eigenvalue weighted by Crippen LogP contribution is 2.47. The molecule has 0 unspecified atom stereocenters. The zero-order valence-electron chi connectivity index (χ0n) is 15.9. The van der Waals surface area contributed by atoms with Crippen LogP contribution in [0.1, 0.15) is 23.9 Å². The number of hydrogen-bond donors (Lipinski definition) is 2. The monoisotopic (exact) mass is 378 g/mol. The summed E-state index contributed by atoms with van der Waals surface area (Å²) in [4.78, 5) is 15.5. The van der Waals surface area contributed by atoms with E-state index in [1.165, 1.54) is 5.56 Å². The standard InChI is InChI=1S/C22H22N2O4/c1-13(22(25)26)23-12-17-10-16-11-19(20(16)17)27-9-8-18-14(2)28-21(24-18)15-6-4-3-5-7-15/h3-7,10-11,13,23H,8-9,12H2,1-2H3,(H,25,26)/t13-/m1/s1. The number of ether oxygens (including phenoxy) is 1. The Balaban J connectivity index is 1.33. The van der Waals surface area contributed by atoms with Crippen molar-refractivity contribution in [3.05, 3.63) is 59.5 Å². The van der Waals surface area contributed by atoms with E-state index in [0.29, 0.717) is 25.5 Å². The van der Waals surface area contributed by atoms with Gasteiger partial charge >= 0.3 is 5.97 Å². The number of carboxylic acids is 1. The molecule has 0 radical (unpaired) electrons. The predicted molar refractivity (Wildman–Crippen MR) is 105 cm³/mol. The molecule has 2 aliphatic rings. The number of benzene rings is 2.